The van der Waals surface area contributed by atoms with Gasteiger partial charge in [0, 0.05) is 23.9 Å². The molecule has 2 aromatic rings. The van der Waals surface area contributed by atoms with Crippen LogP contribution in [0.2, 0.25) is 5.02 Å². The number of carbonyl (C=O) groups excluding carboxylic acids is 2. The third-order valence-corrected chi connectivity index (χ3v) is 5.38. The van der Waals surface area contributed by atoms with Crippen LogP contribution in [0.1, 0.15) is 33.5 Å². The van der Waals surface area contributed by atoms with E-state index in [-0.39, 0.29) is 30.5 Å². The van der Waals surface area contributed by atoms with E-state index < -0.39 is 17.9 Å². The summed E-state index contributed by atoms with van der Waals surface area (Å²) in [6, 6.07) is 6.71. The molecule has 1 saturated heterocycles. The lowest BCUT2D eigenvalue weighted by atomic mass is 9.93. The zero-order chi connectivity index (χ0) is 18.8. The highest BCUT2D eigenvalue weighted by Crippen LogP contribution is 2.37. The molecule has 0 bridgehead atoms. The van der Waals surface area contributed by atoms with E-state index in [4.69, 9.17) is 16.7 Å². The Labute approximate surface area is 158 Å². The zero-order valence-electron chi connectivity index (χ0n) is 13.8. The van der Waals surface area contributed by atoms with E-state index in [1.165, 1.54) is 5.38 Å². The molecule has 3 rings (SSSR count). The minimum atomic E-state index is -1.11. The molecule has 26 heavy (non-hydrogen) atoms. The number of halogens is 1. The zero-order valence-corrected chi connectivity index (χ0v) is 15.4. The number of nitrogens with zero attached hydrogens (tertiary/aromatic N) is 2. The van der Waals surface area contributed by atoms with Crippen LogP contribution in [-0.2, 0) is 16.1 Å². The molecule has 1 aliphatic heterocycles. The molecular formula is C17H16ClN3O4S. The van der Waals surface area contributed by atoms with E-state index in [1.54, 1.807) is 30.1 Å². The van der Waals surface area contributed by atoms with Gasteiger partial charge in [0.15, 0.2) is 5.69 Å². The molecule has 2 atom stereocenters. The third-order valence-electron chi connectivity index (χ3n) is 4.30. The SMILES string of the molecule is CN1C(=O)C[C@H](C(=O)NCc2nc(C(=O)O)cs2)[C@H]1c1cccc(Cl)c1. The molecule has 0 saturated carbocycles. The molecule has 2 N–H and O–H groups in total. The van der Waals surface area contributed by atoms with Crippen molar-refractivity contribution >= 4 is 40.7 Å². The Bertz CT molecular complexity index is 869. The summed E-state index contributed by atoms with van der Waals surface area (Å²) in [5.41, 5.74) is 0.750. The molecule has 0 spiro atoms. The van der Waals surface area contributed by atoms with Gasteiger partial charge >= 0.3 is 5.97 Å². The summed E-state index contributed by atoms with van der Waals surface area (Å²) in [7, 11) is 1.67. The summed E-state index contributed by atoms with van der Waals surface area (Å²) in [6.07, 6.45) is 0.109. The van der Waals surface area contributed by atoms with Crippen molar-refractivity contribution < 1.29 is 19.5 Å². The highest BCUT2D eigenvalue weighted by atomic mass is 35.5. The number of rotatable bonds is 5. The maximum Gasteiger partial charge on any atom is 0.355 e. The van der Waals surface area contributed by atoms with E-state index in [9.17, 15) is 14.4 Å². The smallest absolute Gasteiger partial charge is 0.355 e. The second kappa shape index (κ2) is 7.43. The highest BCUT2D eigenvalue weighted by molar-refractivity contribution is 7.09. The Morgan fingerprint density at radius 3 is 2.88 bits per heavy atom. The number of aromatic carboxylic acids is 1. The molecule has 1 aromatic heterocycles. The van der Waals surface area contributed by atoms with E-state index in [0.29, 0.717) is 10.0 Å². The topological polar surface area (TPSA) is 99.6 Å². The van der Waals surface area contributed by atoms with Crippen molar-refractivity contribution in [2.75, 3.05) is 7.05 Å². The summed E-state index contributed by atoms with van der Waals surface area (Å²) in [5.74, 6) is -2.05. The van der Waals surface area contributed by atoms with Crippen LogP contribution in [0, 0.1) is 5.92 Å². The number of aromatic nitrogens is 1. The van der Waals surface area contributed by atoms with E-state index in [1.807, 2.05) is 6.07 Å². The minimum absolute atomic E-state index is 0.0492. The summed E-state index contributed by atoms with van der Waals surface area (Å²) >= 11 is 7.21. The average Bonchev–Trinajstić information content (AvgIpc) is 3.18. The van der Waals surface area contributed by atoms with Crippen molar-refractivity contribution in [3.05, 3.63) is 50.9 Å². The Morgan fingerprint density at radius 1 is 1.46 bits per heavy atom. The predicted octanol–water partition coefficient (Wildman–Crippen LogP) is 2.33. The van der Waals surface area contributed by atoms with Crippen LogP contribution < -0.4 is 5.32 Å². The molecule has 7 nitrogen and oxygen atoms in total. The number of amides is 2. The van der Waals surface area contributed by atoms with Crippen molar-refractivity contribution in [1.82, 2.24) is 15.2 Å². The van der Waals surface area contributed by atoms with Crippen LogP contribution in [0.15, 0.2) is 29.6 Å². The number of nitrogens with one attached hydrogen (secondary N) is 1. The van der Waals surface area contributed by atoms with E-state index in [0.717, 1.165) is 16.9 Å². The summed E-state index contributed by atoms with van der Waals surface area (Å²) in [5, 5.41) is 14.1. The van der Waals surface area contributed by atoms with Gasteiger partial charge in [0.05, 0.1) is 18.5 Å². The lowest BCUT2D eigenvalue weighted by molar-refractivity contribution is -0.128. The predicted molar refractivity (Wildman–Crippen MR) is 96.0 cm³/mol. The van der Waals surface area contributed by atoms with Gasteiger partial charge in [-0.15, -0.1) is 11.3 Å². The van der Waals surface area contributed by atoms with Gasteiger partial charge in [-0.1, -0.05) is 23.7 Å². The minimum Gasteiger partial charge on any atom is -0.476 e. The van der Waals surface area contributed by atoms with Crippen LogP contribution in [-0.4, -0.2) is 39.8 Å². The van der Waals surface area contributed by atoms with Gasteiger partial charge in [0.1, 0.15) is 5.01 Å². The number of hydrogen-bond donors (Lipinski definition) is 2. The molecule has 1 aliphatic rings. The molecule has 0 radical (unpaired) electrons. The Kier molecular flexibility index (Phi) is 5.24. The van der Waals surface area contributed by atoms with Crippen LogP contribution in [0.3, 0.4) is 0 Å². The van der Waals surface area contributed by atoms with Crippen LogP contribution in [0.4, 0.5) is 0 Å². The Morgan fingerprint density at radius 2 is 2.23 bits per heavy atom. The number of carbonyl (C=O) groups is 3. The van der Waals surface area contributed by atoms with Crippen molar-refractivity contribution in [3.63, 3.8) is 0 Å². The van der Waals surface area contributed by atoms with Gasteiger partial charge in [-0.2, -0.15) is 0 Å². The molecule has 136 valence electrons. The summed E-state index contributed by atoms with van der Waals surface area (Å²) in [4.78, 5) is 41.2. The van der Waals surface area contributed by atoms with E-state index in [2.05, 4.69) is 10.3 Å². The molecule has 2 amide bonds. The maximum absolute atomic E-state index is 12.7. The number of carboxylic acids is 1. The molecule has 9 heteroatoms. The molecule has 2 heterocycles. The number of benzene rings is 1. The van der Waals surface area contributed by atoms with Crippen molar-refractivity contribution in [2.24, 2.45) is 5.92 Å². The first-order valence-corrected chi connectivity index (χ1v) is 9.09. The molecule has 1 fully saturated rings. The number of thiazole rings is 1. The number of likely N-dealkylation sites (tertiary alicyclic amines) is 1. The molecule has 1 aromatic carbocycles. The van der Waals surface area contributed by atoms with Gasteiger partial charge < -0.3 is 15.3 Å². The Hall–Kier alpha value is -2.45. The van der Waals surface area contributed by atoms with Crippen LogP contribution in [0.25, 0.3) is 0 Å². The standard InChI is InChI=1S/C17H16ClN3O4S/c1-21-14(22)6-11(15(21)9-3-2-4-10(18)5-9)16(23)19-7-13-20-12(8-26-13)17(24)25/h2-5,8,11,15H,6-7H2,1H3,(H,19,23)(H,24,25)/t11-,15+/m0/s1. The van der Waals surface area contributed by atoms with Crippen molar-refractivity contribution in [1.29, 1.82) is 0 Å². The van der Waals surface area contributed by atoms with Gasteiger partial charge in [0.2, 0.25) is 11.8 Å². The third kappa shape index (κ3) is 3.71. The lowest BCUT2D eigenvalue weighted by Gasteiger charge is -2.25. The second-order valence-corrected chi connectivity index (χ2v) is 7.34. The quantitative estimate of drug-likeness (QED) is 0.812. The first-order chi connectivity index (χ1) is 12.4. The first kappa shape index (κ1) is 18.3. The number of carboxylic acid groups (broad SMARTS) is 1. The molecular weight excluding hydrogens is 378 g/mol. The maximum atomic E-state index is 12.7. The monoisotopic (exact) mass is 393 g/mol. The lowest BCUT2D eigenvalue weighted by Crippen LogP contribution is -2.34. The van der Waals surface area contributed by atoms with E-state index >= 15 is 0 Å². The molecule has 0 aliphatic carbocycles. The fraction of sp³-hybridized carbons (Fsp3) is 0.294. The Balaban J connectivity index is 1.73. The second-order valence-electron chi connectivity index (χ2n) is 5.96. The van der Waals surface area contributed by atoms with Gasteiger partial charge in [-0.3, -0.25) is 9.59 Å². The molecule has 0 unspecified atom stereocenters. The fourth-order valence-electron chi connectivity index (χ4n) is 3.04. The van der Waals surface area contributed by atoms with Gasteiger partial charge in [0.25, 0.3) is 0 Å². The van der Waals surface area contributed by atoms with Gasteiger partial charge in [-0.05, 0) is 17.7 Å². The van der Waals surface area contributed by atoms with Gasteiger partial charge in [-0.25, -0.2) is 9.78 Å². The van der Waals surface area contributed by atoms with Crippen molar-refractivity contribution in [3.8, 4) is 0 Å². The first-order valence-electron chi connectivity index (χ1n) is 7.83. The largest absolute Gasteiger partial charge is 0.476 e. The summed E-state index contributed by atoms with van der Waals surface area (Å²) < 4.78 is 0. The fourth-order valence-corrected chi connectivity index (χ4v) is 3.94. The van der Waals surface area contributed by atoms with Crippen LogP contribution >= 0.6 is 22.9 Å². The highest BCUT2D eigenvalue weighted by Gasteiger charge is 2.42. The average molecular weight is 394 g/mol. The normalized spacial score (nSPS) is 19.6. The van der Waals surface area contributed by atoms with Crippen molar-refractivity contribution in [2.45, 2.75) is 19.0 Å². The summed E-state index contributed by atoms with van der Waals surface area (Å²) in [6.45, 7) is 0.119. The van der Waals surface area contributed by atoms with Crippen LogP contribution in [0.5, 0.6) is 0 Å². The number of hydrogen-bond acceptors (Lipinski definition) is 5.